The number of sulfonamides is 1. The van der Waals surface area contributed by atoms with E-state index in [-0.39, 0.29) is 16.9 Å². The van der Waals surface area contributed by atoms with Crippen LogP contribution in [0.25, 0.3) is 0 Å². The number of hydrogen-bond donors (Lipinski definition) is 2. The van der Waals surface area contributed by atoms with Crippen LogP contribution in [0.5, 0.6) is 0 Å². The summed E-state index contributed by atoms with van der Waals surface area (Å²) in [5, 5.41) is 2.72. The van der Waals surface area contributed by atoms with Crippen LogP contribution in [-0.2, 0) is 27.1 Å². The van der Waals surface area contributed by atoms with Crippen LogP contribution in [0.15, 0.2) is 53.4 Å². The summed E-state index contributed by atoms with van der Waals surface area (Å²) in [4.78, 5) is 13.3. The van der Waals surface area contributed by atoms with Crippen LogP contribution in [-0.4, -0.2) is 26.6 Å². The van der Waals surface area contributed by atoms with Crippen molar-refractivity contribution in [3.63, 3.8) is 0 Å². The minimum absolute atomic E-state index is 0.0302. The lowest BCUT2D eigenvalue weighted by molar-refractivity contribution is -0.120. The molecule has 0 saturated heterocycles. The van der Waals surface area contributed by atoms with Gasteiger partial charge in [-0.1, -0.05) is 42.0 Å². The van der Waals surface area contributed by atoms with E-state index in [9.17, 15) is 13.2 Å². The van der Waals surface area contributed by atoms with Crippen molar-refractivity contribution < 1.29 is 13.2 Å². The van der Waals surface area contributed by atoms with E-state index in [1.807, 2.05) is 50.2 Å². The Bertz CT molecular complexity index is 832. The first-order valence-corrected chi connectivity index (χ1v) is 10.8. The fourth-order valence-corrected chi connectivity index (χ4v) is 3.92. The summed E-state index contributed by atoms with van der Waals surface area (Å²) in [7, 11) is -1.88. The molecule has 2 N–H and O–H groups in total. The standard InChI is InChI=1S/C19H24N2O3S2/c1-14-4-10-18(11-5-14)25-15(2)19(22)21-12-16-6-8-17(9-7-16)13-26(23,24)20-3/h4-11,15,20H,12-13H2,1-3H3,(H,21,22). The Kier molecular flexibility index (Phi) is 7.25. The molecule has 1 amide bonds. The Balaban J connectivity index is 1.85. The summed E-state index contributed by atoms with van der Waals surface area (Å²) >= 11 is 1.52. The lowest BCUT2D eigenvalue weighted by atomic mass is 10.1. The largest absolute Gasteiger partial charge is 0.351 e. The highest BCUT2D eigenvalue weighted by Crippen LogP contribution is 2.23. The first-order valence-electron chi connectivity index (χ1n) is 8.29. The number of amides is 1. The molecule has 0 aliphatic carbocycles. The van der Waals surface area contributed by atoms with Crippen LogP contribution >= 0.6 is 11.8 Å². The van der Waals surface area contributed by atoms with Crippen LogP contribution < -0.4 is 10.0 Å². The predicted molar refractivity (Wildman–Crippen MR) is 106 cm³/mol. The van der Waals surface area contributed by atoms with Crippen LogP contribution in [0, 0.1) is 6.92 Å². The molecule has 2 rings (SSSR count). The van der Waals surface area contributed by atoms with Gasteiger partial charge in [0.2, 0.25) is 15.9 Å². The average molecular weight is 393 g/mol. The molecular weight excluding hydrogens is 368 g/mol. The molecule has 1 unspecified atom stereocenters. The Morgan fingerprint density at radius 2 is 1.62 bits per heavy atom. The highest BCUT2D eigenvalue weighted by molar-refractivity contribution is 8.00. The Labute approximate surface area is 159 Å². The molecule has 2 aromatic rings. The molecular formula is C19H24N2O3S2. The number of benzene rings is 2. The summed E-state index contributed by atoms with van der Waals surface area (Å²) in [6.07, 6.45) is 0. The summed E-state index contributed by atoms with van der Waals surface area (Å²) < 4.78 is 25.4. The summed E-state index contributed by atoms with van der Waals surface area (Å²) in [6, 6.07) is 15.3. The maximum Gasteiger partial charge on any atom is 0.233 e. The van der Waals surface area contributed by atoms with Crippen molar-refractivity contribution in [2.75, 3.05) is 7.05 Å². The zero-order valence-electron chi connectivity index (χ0n) is 15.2. The van der Waals surface area contributed by atoms with Crippen molar-refractivity contribution in [3.8, 4) is 0 Å². The lowest BCUT2D eigenvalue weighted by Gasteiger charge is -2.12. The molecule has 0 heterocycles. The van der Waals surface area contributed by atoms with E-state index in [1.165, 1.54) is 24.4 Å². The van der Waals surface area contributed by atoms with Gasteiger partial charge in [-0.25, -0.2) is 13.1 Å². The Morgan fingerprint density at radius 3 is 2.19 bits per heavy atom. The number of rotatable bonds is 8. The van der Waals surface area contributed by atoms with Gasteiger partial charge in [0.1, 0.15) is 0 Å². The molecule has 1 atom stereocenters. The van der Waals surface area contributed by atoms with Crippen LogP contribution in [0.4, 0.5) is 0 Å². The number of hydrogen-bond acceptors (Lipinski definition) is 4. The molecule has 0 fully saturated rings. The number of aryl methyl sites for hydroxylation is 1. The van der Waals surface area contributed by atoms with Crippen molar-refractivity contribution >= 4 is 27.7 Å². The van der Waals surface area contributed by atoms with E-state index in [2.05, 4.69) is 10.0 Å². The average Bonchev–Trinajstić information content (AvgIpc) is 2.62. The number of carbonyl (C=O) groups is 1. The van der Waals surface area contributed by atoms with Gasteiger partial charge in [0, 0.05) is 11.4 Å². The SMILES string of the molecule is CNS(=O)(=O)Cc1ccc(CNC(=O)C(C)Sc2ccc(C)cc2)cc1. The van der Waals surface area contributed by atoms with Crippen molar-refractivity contribution in [3.05, 3.63) is 65.2 Å². The summed E-state index contributed by atoms with van der Waals surface area (Å²) in [5.41, 5.74) is 2.83. The molecule has 0 aromatic heterocycles. The van der Waals surface area contributed by atoms with Crippen LogP contribution in [0.2, 0.25) is 0 Å². The third-order valence-corrected chi connectivity index (χ3v) is 6.31. The van der Waals surface area contributed by atoms with Gasteiger partial charge in [-0.2, -0.15) is 0 Å². The van der Waals surface area contributed by atoms with Gasteiger partial charge in [0.15, 0.2) is 0 Å². The predicted octanol–water partition coefficient (Wildman–Crippen LogP) is 2.84. The van der Waals surface area contributed by atoms with Gasteiger partial charge in [-0.3, -0.25) is 4.79 Å². The van der Waals surface area contributed by atoms with Gasteiger partial charge >= 0.3 is 0 Å². The second-order valence-electron chi connectivity index (χ2n) is 6.07. The normalized spacial score (nSPS) is 12.6. The van der Waals surface area contributed by atoms with Crippen molar-refractivity contribution in [2.24, 2.45) is 0 Å². The minimum atomic E-state index is -3.28. The topological polar surface area (TPSA) is 75.3 Å². The maximum atomic E-state index is 12.3. The van der Waals surface area contributed by atoms with Crippen LogP contribution in [0.1, 0.15) is 23.6 Å². The van der Waals surface area contributed by atoms with E-state index in [1.54, 1.807) is 12.1 Å². The third-order valence-electron chi connectivity index (χ3n) is 3.86. The Morgan fingerprint density at radius 1 is 1.04 bits per heavy atom. The number of carbonyl (C=O) groups excluding carboxylic acids is 1. The van der Waals surface area contributed by atoms with E-state index in [0.29, 0.717) is 12.1 Å². The maximum absolute atomic E-state index is 12.3. The third kappa shape index (κ3) is 6.48. The first kappa shape index (κ1) is 20.5. The molecule has 0 aliphatic rings. The quantitative estimate of drug-likeness (QED) is 0.678. The van der Waals surface area contributed by atoms with Crippen molar-refractivity contribution in [1.82, 2.24) is 10.0 Å². The first-order chi connectivity index (χ1) is 12.3. The molecule has 2 aromatic carbocycles. The Hall–Kier alpha value is -1.83. The van der Waals surface area contributed by atoms with Gasteiger partial charge < -0.3 is 5.32 Å². The van der Waals surface area contributed by atoms with E-state index in [0.717, 1.165) is 10.5 Å². The van der Waals surface area contributed by atoms with E-state index < -0.39 is 10.0 Å². The molecule has 7 heteroatoms. The smallest absolute Gasteiger partial charge is 0.233 e. The van der Waals surface area contributed by atoms with E-state index in [4.69, 9.17) is 0 Å². The van der Waals surface area contributed by atoms with Gasteiger partial charge in [0.25, 0.3) is 0 Å². The molecule has 0 radical (unpaired) electrons. The molecule has 5 nitrogen and oxygen atoms in total. The number of nitrogens with one attached hydrogen (secondary N) is 2. The minimum Gasteiger partial charge on any atom is -0.351 e. The molecule has 26 heavy (non-hydrogen) atoms. The van der Waals surface area contributed by atoms with Gasteiger partial charge in [0.05, 0.1) is 11.0 Å². The van der Waals surface area contributed by atoms with Crippen LogP contribution in [0.3, 0.4) is 0 Å². The zero-order valence-corrected chi connectivity index (χ0v) is 16.8. The number of thioether (sulfide) groups is 1. The molecule has 140 valence electrons. The zero-order chi connectivity index (χ0) is 19.2. The van der Waals surface area contributed by atoms with Gasteiger partial charge in [-0.15, -0.1) is 11.8 Å². The fourth-order valence-electron chi connectivity index (χ4n) is 2.25. The van der Waals surface area contributed by atoms with Gasteiger partial charge in [-0.05, 0) is 44.2 Å². The fraction of sp³-hybridized carbons (Fsp3) is 0.316. The second-order valence-corrected chi connectivity index (χ2v) is 9.41. The lowest BCUT2D eigenvalue weighted by Crippen LogP contribution is -2.30. The molecule has 0 saturated carbocycles. The second kappa shape index (κ2) is 9.21. The highest BCUT2D eigenvalue weighted by Gasteiger charge is 2.14. The van der Waals surface area contributed by atoms with Crippen molar-refractivity contribution in [2.45, 2.75) is 36.3 Å². The molecule has 0 spiro atoms. The van der Waals surface area contributed by atoms with E-state index >= 15 is 0 Å². The summed E-state index contributed by atoms with van der Waals surface area (Å²) in [6.45, 7) is 4.33. The molecule has 0 aliphatic heterocycles. The van der Waals surface area contributed by atoms with Crippen molar-refractivity contribution in [1.29, 1.82) is 0 Å². The highest BCUT2D eigenvalue weighted by atomic mass is 32.2. The molecule has 0 bridgehead atoms. The summed E-state index contributed by atoms with van der Waals surface area (Å²) in [5.74, 6) is -0.0854. The monoisotopic (exact) mass is 392 g/mol.